The van der Waals surface area contributed by atoms with E-state index >= 15 is 0 Å². The van der Waals surface area contributed by atoms with Gasteiger partial charge in [-0.3, -0.25) is 29.5 Å². The third-order valence-corrected chi connectivity index (χ3v) is 2.94. The Bertz CT molecular complexity index is 596. The molecule has 0 spiro atoms. The molecule has 0 radical (unpaired) electrons. The molecule has 0 atom stereocenters. The minimum atomic E-state index is -0.879. The fourth-order valence-electron chi connectivity index (χ4n) is 1.87. The van der Waals surface area contributed by atoms with Gasteiger partial charge in [-0.05, 0) is 12.5 Å². The van der Waals surface area contributed by atoms with E-state index in [0.717, 1.165) is 9.80 Å². The second kappa shape index (κ2) is 5.08. The van der Waals surface area contributed by atoms with Gasteiger partial charge in [-0.15, -0.1) is 0 Å². The lowest BCUT2D eigenvalue weighted by Crippen LogP contribution is -2.32. The number of amides is 4. The normalized spacial score (nSPS) is 15.2. The van der Waals surface area contributed by atoms with Crippen LogP contribution in [0.4, 0.5) is 10.5 Å². The van der Waals surface area contributed by atoms with Gasteiger partial charge in [-0.2, -0.15) is 0 Å². The number of likely N-dealkylation sites (N-methyl/N-ethyl adjacent to an activating group) is 1. The lowest BCUT2D eigenvalue weighted by Gasteiger charge is -2.13. The van der Waals surface area contributed by atoms with Crippen LogP contribution in [0.15, 0.2) is 24.3 Å². The number of imide groups is 2. The van der Waals surface area contributed by atoms with E-state index in [1.807, 2.05) is 0 Å². The van der Waals surface area contributed by atoms with Crippen LogP contribution < -0.4 is 0 Å². The molecule has 0 aliphatic carbocycles. The average molecular weight is 277 g/mol. The molecule has 8 nitrogen and oxygen atoms in total. The van der Waals surface area contributed by atoms with E-state index in [0.29, 0.717) is 5.56 Å². The summed E-state index contributed by atoms with van der Waals surface area (Å²) in [5.74, 6) is -1.73. The molecule has 1 aromatic carbocycles. The zero-order valence-electron chi connectivity index (χ0n) is 10.6. The van der Waals surface area contributed by atoms with E-state index in [2.05, 4.69) is 0 Å². The van der Waals surface area contributed by atoms with Gasteiger partial charge in [-0.1, -0.05) is 12.1 Å². The number of nitro groups is 1. The Balaban J connectivity index is 2.17. The molecule has 1 saturated heterocycles. The highest BCUT2D eigenvalue weighted by molar-refractivity contribution is 6.44. The van der Waals surface area contributed by atoms with Crippen LogP contribution in [0.25, 0.3) is 0 Å². The summed E-state index contributed by atoms with van der Waals surface area (Å²) in [7, 11) is 0. The summed E-state index contributed by atoms with van der Waals surface area (Å²) in [5, 5.41) is 10.5. The fraction of sp³-hybridized carbons (Fsp3) is 0.250. The van der Waals surface area contributed by atoms with E-state index in [-0.39, 0.29) is 18.8 Å². The summed E-state index contributed by atoms with van der Waals surface area (Å²) in [6, 6.07) is 4.77. The minimum Gasteiger partial charge on any atom is -0.263 e. The van der Waals surface area contributed by atoms with Crippen molar-refractivity contribution in [3.05, 3.63) is 39.9 Å². The number of hydrogen-bond donors (Lipinski definition) is 0. The molecule has 0 aromatic heterocycles. The van der Waals surface area contributed by atoms with Gasteiger partial charge in [0.2, 0.25) is 0 Å². The molecular formula is C12H11N3O5. The van der Waals surface area contributed by atoms with Crippen molar-refractivity contribution in [3.8, 4) is 0 Å². The van der Waals surface area contributed by atoms with Crippen LogP contribution in [-0.4, -0.2) is 39.1 Å². The van der Waals surface area contributed by atoms with Crippen molar-refractivity contribution >= 4 is 23.5 Å². The molecule has 20 heavy (non-hydrogen) atoms. The Morgan fingerprint density at radius 2 is 1.60 bits per heavy atom. The highest BCUT2D eigenvalue weighted by atomic mass is 16.6. The number of carbonyl (C=O) groups excluding carboxylic acids is 3. The monoisotopic (exact) mass is 277 g/mol. The van der Waals surface area contributed by atoms with Gasteiger partial charge in [0.15, 0.2) is 0 Å². The lowest BCUT2D eigenvalue weighted by molar-refractivity contribution is -0.384. The van der Waals surface area contributed by atoms with Gasteiger partial charge in [0.1, 0.15) is 0 Å². The Morgan fingerprint density at radius 1 is 1.05 bits per heavy atom. The van der Waals surface area contributed by atoms with Crippen LogP contribution >= 0.6 is 0 Å². The van der Waals surface area contributed by atoms with Crippen molar-refractivity contribution in [2.45, 2.75) is 13.5 Å². The van der Waals surface area contributed by atoms with Crippen molar-refractivity contribution in [1.82, 2.24) is 9.80 Å². The second-order valence-electron chi connectivity index (χ2n) is 4.15. The minimum absolute atomic E-state index is 0.0842. The Morgan fingerprint density at radius 3 is 2.05 bits per heavy atom. The highest BCUT2D eigenvalue weighted by Crippen LogP contribution is 2.18. The SMILES string of the molecule is CCN1C(=O)C(=O)N(Cc2ccc([N+](=O)[O-])cc2)C1=O. The highest BCUT2D eigenvalue weighted by Gasteiger charge is 2.43. The Labute approximate surface area is 113 Å². The largest absolute Gasteiger partial charge is 0.334 e. The first-order valence-electron chi connectivity index (χ1n) is 5.86. The topological polar surface area (TPSA) is 101 Å². The number of hydrogen-bond acceptors (Lipinski definition) is 5. The first-order chi connectivity index (χ1) is 9.45. The zero-order chi connectivity index (χ0) is 14.9. The molecule has 1 aromatic rings. The van der Waals surface area contributed by atoms with Gasteiger partial charge >= 0.3 is 17.8 Å². The third kappa shape index (κ3) is 2.22. The summed E-state index contributed by atoms with van der Waals surface area (Å²) >= 11 is 0. The van der Waals surface area contributed by atoms with E-state index in [9.17, 15) is 24.5 Å². The van der Waals surface area contributed by atoms with Gasteiger partial charge in [0.05, 0.1) is 11.5 Å². The molecule has 104 valence electrons. The number of carbonyl (C=O) groups is 3. The first kappa shape index (κ1) is 13.7. The maximum atomic E-state index is 11.8. The Kier molecular flexibility index (Phi) is 3.47. The van der Waals surface area contributed by atoms with Crippen LogP contribution in [0.1, 0.15) is 12.5 Å². The molecule has 4 amide bonds. The van der Waals surface area contributed by atoms with Crippen molar-refractivity contribution in [3.63, 3.8) is 0 Å². The van der Waals surface area contributed by atoms with Gasteiger partial charge in [0, 0.05) is 18.7 Å². The predicted octanol–water partition coefficient (Wildman–Crippen LogP) is 0.905. The smallest absolute Gasteiger partial charge is 0.263 e. The molecule has 0 unspecified atom stereocenters. The van der Waals surface area contributed by atoms with Crippen molar-refractivity contribution < 1.29 is 19.3 Å². The zero-order valence-corrected chi connectivity index (χ0v) is 10.6. The number of urea groups is 1. The fourth-order valence-corrected chi connectivity index (χ4v) is 1.87. The average Bonchev–Trinajstić information content (AvgIpc) is 2.63. The van der Waals surface area contributed by atoms with Gasteiger partial charge in [0.25, 0.3) is 5.69 Å². The number of nitrogens with zero attached hydrogens (tertiary/aromatic N) is 3. The number of rotatable bonds is 4. The first-order valence-corrected chi connectivity index (χ1v) is 5.86. The maximum absolute atomic E-state index is 11.8. The summed E-state index contributed by atoms with van der Waals surface area (Å²) in [6.45, 7) is 1.64. The van der Waals surface area contributed by atoms with Crippen LogP contribution in [0.3, 0.4) is 0 Å². The van der Waals surface area contributed by atoms with E-state index < -0.39 is 22.8 Å². The molecule has 1 aliphatic heterocycles. The van der Waals surface area contributed by atoms with E-state index in [1.165, 1.54) is 24.3 Å². The second-order valence-corrected chi connectivity index (χ2v) is 4.15. The molecular weight excluding hydrogens is 266 g/mol. The molecule has 0 bridgehead atoms. The summed E-state index contributed by atoms with van der Waals surface area (Å²) < 4.78 is 0. The molecule has 2 rings (SSSR count). The van der Waals surface area contributed by atoms with Crippen LogP contribution in [-0.2, 0) is 16.1 Å². The van der Waals surface area contributed by atoms with Crippen molar-refractivity contribution in [2.24, 2.45) is 0 Å². The van der Waals surface area contributed by atoms with E-state index in [1.54, 1.807) is 6.92 Å². The molecule has 8 heteroatoms. The van der Waals surface area contributed by atoms with Crippen molar-refractivity contribution in [1.29, 1.82) is 0 Å². The standard InChI is InChI=1S/C12H11N3O5/c1-2-13-10(16)11(17)14(12(13)18)7-8-3-5-9(6-4-8)15(19)20/h3-6H,2,7H2,1H3. The maximum Gasteiger partial charge on any atom is 0.334 e. The molecule has 1 fully saturated rings. The van der Waals surface area contributed by atoms with Gasteiger partial charge < -0.3 is 0 Å². The van der Waals surface area contributed by atoms with Crippen LogP contribution in [0, 0.1) is 10.1 Å². The van der Waals surface area contributed by atoms with Crippen LogP contribution in [0.2, 0.25) is 0 Å². The summed E-state index contributed by atoms with van der Waals surface area (Å²) in [4.78, 5) is 46.7. The molecule has 1 heterocycles. The number of benzene rings is 1. The molecule has 0 N–H and O–H groups in total. The van der Waals surface area contributed by atoms with E-state index in [4.69, 9.17) is 0 Å². The summed E-state index contributed by atoms with van der Waals surface area (Å²) in [5.41, 5.74) is 0.446. The quantitative estimate of drug-likeness (QED) is 0.352. The third-order valence-electron chi connectivity index (χ3n) is 2.94. The molecule has 0 saturated carbocycles. The summed E-state index contributed by atoms with van der Waals surface area (Å²) in [6.07, 6.45) is 0. The lowest BCUT2D eigenvalue weighted by atomic mass is 10.2. The Hall–Kier alpha value is -2.77. The number of non-ortho nitro benzene ring substituents is 1. The number of nitro benzene ring substituents is 1. The van der Waals surface area contributed by atoms with Gasteiger partial charge in [-0.25, -0.2) is 4.79 Å². The predicted molar refractivity (Wildman–Crippen MR) is 66.4 cm³/mol. The molecule has 1 aliphatic rings. The van der Waals surface area contributed by atoms with Crippen molar-refractivity contribution in [2.75, 3.05) is 6.54 Å². The van der Waals surface area contributed by atoms with Crippen LogP contribution in [0.5, 0.6) is 0 Å².